The van der Waals surface area contributed by atoms with E-state index in [-0.39, 0.29) is 16.5 Å². The van der Waals surface area contributed by atoms with Crippen LogP contribution < -0.4 is 4.74 Å². The molecule has 4 nitrogen and oxygen atoms in total. The van der Waals surface area contributed by atoms with Gasteiger partial charge in [-0.2, -0.15) is 0 Å². The molecule has 0 heterocycles. The van der Waals surface area contributed by atoms with Gasteiger partial charge in [-0.05, 0) is 74.9 Å². The Labute approximate surface area is 211 Å². The van der Waals surface area contributed by atoms with Gasteiger partial charge in [-0.15, -0.1) is 0 Å². The first kappa shape index (κ1) is 26.5. The van der Waals surface area contributed by atoms with Crippen LogP contribution in [-0.4, -0.2) is 18.6 Å². The minimum absolute atomic E-state index is 0.102. The standard InChI is InChI=1S/C22H23OS.C7H8O3S/c1-22(2,3)23-18-14-16-21(17-15-18)24(19-10-6-4-7-11-19)20-12-8-5-9-13-20;8-11(9,10)6-7-4-2-1-3-5-7/h4-17H,1-3H3;1-5H,6H2,(H,8,9,10)/q+1;/p-1. The van der Waals surface area contributed by atoms with E-state index in [2.05, 4.69) is 106 Å². The lowest BCUT2D eigenvalue weighted by Crippen LogP contribution is -2.22. The van der Waals surface area contributed by atoms with E-state index in [0.29, 0.717) is 5.56 Å². The Bertz CT molecular complexity index is 1230. The Morgan fingerprint density at radius 1 is 0.657 bits per heavy atom. The smallest absolute Gasteiger partial charge is 0.166 e. The quantitative estimate of drug-likeness (QED) is 0.216. The summed E-state index contributed by atoms with van der Waals surface area (Å²) in [7, 11) is -4.23. The fourth-order valence-electron chi connectivity index (χ4n) is 3.30. The fraction of sp³-hybridized carbons (Fsp3) is 0.172. The SMILES string of the molecule is CC(C)(C)Oc1ccc([S+](c2ccccc2)c2ccccc2)cc1.O=S(=O)([O-])Cc1ccccc1. The van der Waals surface area contributed by atoms with Crippen LogP contribution in [-0.2, 0) is 26.8 Å². The summed E-state index contributed by atoms with van der Waals surface area (Å²) in [5.74, 6) is 0.490. The summed E-state index contributed by atoms with van der Waals surface area (Å²) in [6.07, 6.45) is 0. The number of hydrogen-bond acceptors (Lipinski definition) is 4. The summed E-state index contributed by atoms with van der Waals surface area (Å²) >= 11 is 0. The molecule has 0 aliphatic carbocycles. The minimum Gasteiger partial charge on any atom is -0.748 e. The molecule has 0 amide bonds. The van der Waals surface area contributed by atoms with Gasteiger partial charge in [0.25, 0.3) is 0 Å². The van der Waals surface area contributed by atoms with Crippen molar-refractivity contribution in [2.45, 2.75) is 46.8 Å². The van der Waals surface area contributed by atoms with E-state index < -0.39 is 15.9 Å². The van der Waals surface area contributed by atoms with Crippen LogP contribution in [0.25, 0.3) is 0 Å². The van der Waals surface area contributed by atoms with Crippen molar-refractivity contribution < 1.29 is 17.7 Å². The maximum absolute atomic E-state index is 10.2. The lowest BCUT2D eigenvalue weighted by molar-refractivity contribution is 0.131. The van der Waals surface area contributed by atoms with Crippen LogP contribution in [0.5, 0.6) is 5.75 Å². The third-order valence-corrected chi connectivity index (χ3v) is 7.55. The van der Waals surface area contributed by atoms with Crippen LogP contribution in [0.1, 0.15) is 26.3 Å². The van der Waals surface area contributed by atoms with Crippen molar-refractivity contribution in [2.75, 3.05) is 0 Å². The second kappa shape index (κ2) is 12.1. The van der Waals surface area contributed by atoms with Crippen molar-refractivity contribution in [1.82, 2.24) is 0 Å². The van der Waals surface area contributed by atoms with Gasteiger partial charge in [0.2, 0.25) is 0 Å². The average Bonchev–Trinajstić information content (AvgIpc) is 2.81. The predicted molar refractivity (Wildman–Crippen MR) is 142 cm³/mol. The summed E-state index contributed by atoms with van der Waals surface area (Å²) in [5, 5.41) is 0. The zero-order valence-electron chi connectivity index (χ0n) is 20.1. The largest absolute Gasteiger partial charge is 0.748 e. The minimum atomic E-state index is -4.13. The van der Waals surface area contributed by atoms with Crippen molar-refractivity contribution >= 4 is 21.0 Å². The number of ether oxygens (including phenoxy) is 1. The molecule has 0 radical (unpaired) electrons. The molecule has 182 valence electrons. The third-order valence-electron chi connectivity index (χ3n) is 4.63. The molecule has 0 bridgehead atoms. The average molecular weight is 507 g/mol. The van der Waals surface area contributed by atoms with Gasteiger partial charge in [0, 0.05) is 0 Å². The maximum atomic E-state index is 10.2. The first-order chi connectivity index (χ1) is 16.6. The Morgan fingerprint density at radius 3 is 1.46 bits per heavy atom. The zero-order valence-corrected chi connectivity index (χ0v) is 21.8. The van der Waals surface area contributed by atoms with Gasteiger partial charge in [0.15, 0.2) is 14.7 Å². The molecule has 4 aromatic rings. The van der Waals surface area contributed by atoms with E-state index in [0.717, 1.165) is 5.75 Å². The van der Waals surface area contributed by atoms with Gasteiger partial charge >= 0.3 is 0 Å². The summed E-state index contributed by atoms with van der Waals surface area (Å²) in [6, 6.07) is 38.3. The Balaban J connectivity index is 0.000000261. The number of benzene rings is 4. The van der Waals surface area contributed by atoms with E-state index in [4.69, 9.17) is 4.74 Å². The highest BCUT2D eigenvalue weighted by atomic mass is 32.2. The van der Waals surface area contributed by atoms with Crippen molar-refractivity contribution in [3.63, 3.8) is 0 Å². The zero-order chi connectivity index (χ0) is 25.3. The van der Waals surface area contributed by atoms with Gasteiger partial charge in [0.05, 0.1) is 26.8 Å². The van der Waals surface area contributed by atoms with Crippen molar-refractivity contribution in [3.05, 3.63) is 121 Å². The van der Waals surface area contributed by atoms with Crippen LogP contribution in [0.3, 0.4) is 0 Å². The molecule has 0 spiro atoms. The second-order valence-electron chi connectivity index (χ2n) is 8.81. The van der Waals surface area contributed by atoms with Crippen LogP contribution in [0.2, 0.25) is 0 Å². The van der Waals surface area contributed by atoms with E-state index in [1.165, 1.54) is 14.7 Å². The lowest BCUT2D eigenvalue weighted by atomic mass is 10.2. The molecule has 0 atom stereocenters. The molecule has 0 unspecified atom stereocenters. The van der Waals surface area contributed by atoms with Gasteiger partial charge in [0.1, 0.15) is 11.4 Å². The molecular weight excluding hydrogens is 476 g/mol. The highest BCUT2D eigenvalue weighted by Gasteiger charge is 2.28. The highest BCUT2D eigenvalue weighted by Crippen LogP contribution is 2.32. The molecule has 0 saturated carbocycles. The summed E-state index contributed by atoms with van der Waals surface area (Å²) in [6.45, 7) is 6.21. The van der Waals surface area contributed by atoms with E-state index >= 15 is 0 Å². The van der Waals surface area contributed by atoms with Crippen molar-refractivity contribution in [1.29, 1.82) is 0 Å². The normalized spacial score (nSPS) is 11.5. The van der Waals surface area contributed by atoms with E-state index in [9.17, 15) is 13.0 Å². The molecule has 4 rings (SSSR count). The molecular formula is C29H30O4S2. The fourth-order valence-corrected chi connectivity index (χ4v) is 5.98. The van der Waals surface area contributed by atoms with Crippen LogP contribution in [0.4, 0.5) is 0 Å². The first-order valence-corrected chi connectivity index (χ1v) is 14.0. The monoisotopic (exact) mass is 506 g/mol. The van der Waals surface area contributed by atoms with Crippen LogP contribution in [0, 0.1) is 0 Å². The molecule has 0 aromatic heterocycles. The summed E-state index contributed by atoms with van der Waals surface area (Å²) in [4.78, 5) is 3.95. The molecule has 35 heavy (non-hydrogen) atoms. The molecule has 0 aliphatic rings. The Morgan fingerprint density at radius 2 is 1.06 bits per heavy atom. The predicted octanol–water partition coefficient (Wildman–Crippen LogP) is 6.69. The summed E-state index contributed by atoms with van der Waals surface area (Å²) < 4.78 is 36.7. The molecule has 4 aromatic carbocycles. The van der Waals surface area contributed by atoms with Crippen LogP contribution in [0.15, 0.2) is 130 Å². The maximum Gasteiger partial charge on any atom is 0.166 e. The van der Waals surface area contributed by atoms with Crippen LogP contribution >= 0.6 is 0 Å². The number of rotatable bonds is 6. The Hall–Kier alpha value is -3.06. The molecule has 0 fully saturated rings. The van der Waals surface area contributed by atoms with Gasteiger partial charge in [-0.3, -0.25) is 0 Å². The van der Waals surface area contributed by atoms with Gasteiger partial charge in [-0.1, -0.05) is 66.7 Å². The Kier molecular flexibility index (Phi) is 9.15. The highest BCUT2D eigenvalue weighted by molar-refractivity contribution is 7.97. The molecule has 0 N–H and O–H groups in total. The van der Waals surface area contributed by atoms with E-state index in [1.807, 2.05) is 0 Å². The topological polar surface area (TPSA) is 66.4 Å². The molecule has 0 aliphatic heterocycles. The molecule has 0 saturated heterocycles. The van der Waals surface area contributed by atoms with Gasteiger partial charge in [-0.25, -0.2) is 8.42 Å². The molecule has 6 heteroatoms. The van der Waals surface area contributed by atoms with Crippen molar-refractivity contribution in [3.8, 4) is 5.75 Å². The van der Waals surface area contributed by atoms with E-state index in [1.54, 1.807) is 30.3 Å². The third kappa shape index (κ3) is 9.25. The summed E-state index contributed by atoms with van der Waals surface area (Å²) in [5.41, 5.74) is 0.352. The lowest BCUT2D eigenvalue weighted by Gasteiger charge is -2.21. The first-order valence-electron chi connectivity index (χ1n) is 11.2. The second-order valence-corrected chi connectivity index (χ2v) is 12.2. The van der Waals surface area contributed by atoms with Crippen molar-refractivity contribution in [2.24, 2.45) is 0 Å². The number of hydrogen-bond donors (Lipinski definition) is 0. The van der Waals surface area contributed by atoms with Gasteiger partial charge < -0.3 is 9.29 Å².